The lowest BCUT2D eigenvalue weighted by atomic mass is 9.99. The molecule has 6 heteroatoms. The van der Waals surface area contributed by atoms with Crippen molar-refractivity contribution < 1.29 is 9.13 Å². The summed E-state index contributed by atoms with van der Waals surface area (Å²) in [6, 6.07) is 7.01. The minimum atomic E-state index is -0.196. The molecule has 150 valence electrons. The minimum absolute atomic E-state index is 0.145. The summed E-state index contributed by atoms with van der Waals surface area (Å²) in [5.41, 5.74) is 1.12. The first kappa shape index (κ1) is 20.1. The van der Waals surface area contributed by atoms with Gasteiger partial charge in [-0.2, -0.15) is 0 Å². The van der Waals surface area contributed by atoms with Crippen LogP contribution in [0.1, 0.15) is 38.3 Å². The first-order chi connectivity index (χ1) is 13.2. The van der Waals surface area contributed by atoms with Crippen LogP contribution in [-0.4, -0.2) is 68.2 Å². The van der Waals surface area contributed by atoms with Crippen LogP contribution >= 0.6 is 0 Å². The van der Waals surface area contributed by atoms with Crippen LogP contribution in [0.5, 0.6) is 0 Å². The van der Waals surface area contributed by atoms with E-state index in [4.69, 9.17) is 9.73 Å². The number of ether oxygens (including phenoxy) is 1. The second kappa shape index (κ2) is 10.0. The van der Waals surface area contributed by atoms with Gasteiger partial charge in [-0.1, -0.05) is 19.1 Å². The van der Waals surface area contributed by atoms with Crippen LogP contribution in [0.3, 0.4) is 0 Å². The molecule has 0 bridgehead atoms. The maximum Gasteiger partial charge on any atom is 0.193 e. The molecule has 0 aliphatic carbocycles. The number of aliphatic imine (C=N–C) groups is 1. The number of benzene rings is 1. The molecule has 2 saturated heterocycles. The van der Waals surface area contributed by atoms with Crippen LogP contribution in [0.2, 0.25) is 0 Å². The number of morpholine rings is 1. The quantitative estimate of drug-likeness (QED) is 0.634. The average Bonchev–Trinajstić information content (AvgIpc) is 2.70. The third kappa shape index (κ3) is 5.66. The number of halogens is 1. The standard InChI is InChI=1S/C21H33FN4O/c1-3-23-21(26-10-8-17(2)9-11-26)24-16-20(25-12-14-27-15-13-25)18-4-6-19(22)7-5-18/h4-7,17,20H,3,8-16H2,1-2H3,(H,23,24). The molecule has 2 fully saturated rings. The fourth-order valence-electron chi connectivity index (χ4n) is 3.82. The van der Waals surface area contributed by atoms with E-state index in [1.165, 1.54) is 12.8 Å². The second-order valence-electron chi connectivity index (χ2n) is 7.58. The molecule has 5 nitrogen and oxygen atoms in total. The number of piperidine rings is 1. The van der Waals surface area contributed by atoms with Crippen molar-refractivity contribution in [3.8, 4) is 0 Å². The van der Waals surface area contributed by atoms with Crippen molar-refractivity contribution in [3.05, 3.63) is 35.6 Å². The van der Waals surface area contributed by atoms with Crippen molar-refractivity contribution in [1.82, 2.24) is 15.1 Å². The normalized spacial score (nSPS) is 21.3. The van der Waals surface area contributed by atoms with E-state index in [0.29, 0.717) is 6.54 Å². The van der Waals surface area contributed by atoms with Crippen LogP contribution in [0.15, 0.2) is 29.3 Å². The maximum atomic E-state index is 13.4. The zero-order chi connectivity index (χ0) is 19.1. The van der Waals surface area contributed by atoms with E-state index in [1.807, 2.05) is 12.1 Å². The Hall–Kier alpha value is -1.66. The Morgan fingerprint density at radius 3 is 2.48 bits per heavy atom. The van der Waals surface area contributed by atoms with Crippen LogP contribution in [0.25, 0.3) is 0 Å². The first-order valence-corrected chi connectivity index (χ1v) is 10.3. The third-order valence-electron chi connectivity index (χ3n) is 5.57. The number of hydrogen-bond acceptors (Lipinski definition) is 3. The van der Waals surface area contributed by atoms with Gasteiger partial charge in [0.1, 0.15) is 5.82 Å². The molecular formula is C21H33FN4O. The summed E-state index contributed by atoms with van der Waals surface area (Å²) in [6.45, 7) is 11.3. The zero-order valence-electron chi connectivity index (χ0n) is 16.7. The van der Waals surface area contributed by atoms with E-state index in [2.05, 4.69) is 29.0 Å². The first-order valence-electron chi connectivity index (χ1n) is 10.3. The molecule has 0 saturated carbocycles. The zero-order valence-corrected chi connectivity index (χ0v) is 16.7. The smallest absolute Gasteiger partial charge is 0.193 e. The van der Waals surface area contributed by atoms with Crippen molar-refractivity contribution in [2.24, 2.45) is 10.9 Å². The van der Waals surface area contributed by atoms with Crippen LogP contribution in [-0.2, 0) is 4.74 Å². The average molecular weight is 377 g/mol. The summed E-state index contributed by atoms with van der Waals surface area (Å²) in [4.78, 5) is 9.78. The van der Waals surface area contributed by atoms with E-state index < -0.39 is 0 Å². The third-order valence-corrected chi connectivity index (χ3v) is 5.57. The Labute approximate surface area is 162 Å². The van der Waals surface area contributed by atoms with Gasteiger partial charge in [-0.25, -0.2) is 4.39 Å². The van der Waals surface area contributed by atoms with Crippen molar-refractivity contribution >= 4 is 5.96 Å². The molecule has 1 unspecified atom stereocenters. The number of nitrogens with zero attached hydrogens (tertiary/aromatic N) is 3. The highest BCUT2D eigenvalue weighted by atomic mass is 19.1. The second-order valence-corrected chi connectivity index (χ2v) is 7.58. The van der Waals surface area contributed by atoms with Gasteiger partial charge in [0, 0.05) is 32.7 Å². The number of likely N-dealkylation sites (tertiary alicyclic amines) is 1. The van der Waals surface area contributed by atoms with Gasteiger partial charge in [0.15, 0.2) is 5.96 Å². The SMILES string of the molecule is CCNC(=NCC(c1ccc(F)cc1)N1CCOCC1)N1CCC(C)CC1. The fourth-order valence-corrected chi connectivity index (χ4v) is 3.82. The number of rotatable bonds is 5. The summed E-state index contributed by atoms with van der Waals surface area (Å²) in [5.74, 6) is 1.60. The van der Waals surface area contributed by atoms with Gasteiger partial charge in [-0.3, -0.25) is 9.89 Å². The highest BCUT2D eigenvalue weighted by Gasteiger charge is 2.24. The topological polar surface area (TPSA) is 40.1 Å². The van der Waals surface area contributed by atoms with Gasteiger partial charge in [0.25, 0.3) is 0 Å². The van der Waals surface area contributed by atoms with Gasteiger partial charge < -0.3 is 15.0 Å². The number of guanidine groups is 1. The van der Waals surface area contributed by atoms with Crippen molar-refractivity contribution in [1.29, 1.82) is 0 Å². The Balaban J connectivity index is 1.76. The molecule has 2 heterocycles. The van der Waals surface area contributed by atoms with Crippen molar-refractivity contribution in [2.75, 3.05) is 52.5 Å². The van der Waals surface area contributed by atoms with Crippen molar-refractivity contribution in [2.45, 2.75) is 32.7 Å². The molecule has 1 atom stereocenters. The van der Waals surface area contributed by atoms with Gasteiger partial charge in [0.05, 0.1) is 25.8 Å². The minimum Gasteiger partial charge on any atom is -0.379 e. The van der Waals surface area contributed by atoms with Gasteiger partial charge in [0.2, 0.25) is 0 Å². The molecule has 0 aromatic heterocycles. The Morgan fingerprint density at radius 2 is 1.85 bits per heavy atom. The summed E-state index contributed by atoms with van der Waals surface area (Å²) in [7, 11) is 0. The molecule has 1 N–H and O–H groups in total. The van der Waals surface area contributed by atoms with Gasteiger partial charge >= 0.3 is 0 Å². The van der Waals surface area contributed by atoms with E-state index in [-0.39, 0.29) is 11.9 Å². The molecule has 3 rings (SSSR count). The molecule has 1 aromatic carbocycles. The number of nitrogens with one attached hydrogen (secondary N) is 1. The molecule has 2 aliphatic rings. The van der Waals surface area contributed by atoms with E-state index in [0.717, 1.165) is 63.4 Å². The molecule has 27 heavy (non-hydrogen) atoms. The van der Waals surface area contributed by atoms with Gasteiger partial charge in [-0.15, -0.1) is 0 Å². The Morgan fingerprint density at radius 1 is 1.19 bits per heavy atom. The monoisotopic (exact) mass is 376 g/mol. The summed E-state index contributed by atoms with van der Waals surface area (Å²) in [6.07, 6.45) is 2.44. The Bertz CT molecular complexity index is 593. The van der Waals surface area contributed by atoms with Gasteiger partial charge in [-0.05, 0) is 43.4 Å². The maximum absolute atomic E-state index is 13.4. The lowest BCUT2D eigenvalue weighted by Crippen LogP contribution is -2.46. The lowest BCUT2D eigenvalue weighted by Gasteiger charge is -2.35. The predicted molar refractivity (Wildman–Crippen MR) is 107 cm³/mol. The van der Waals surface area contributed by atoms with E-state index in [9.17, 15) is 4.39 Å². The predicted octanol–water partition coefficient (Wildman–Crippen LogP) is 2.90. The summed E-state index contributed by atoms with van der Waals surface area (Å²) >= 11 is 0. The molecule has 2 aliphatic heterocycles. The molecule has 0 spiro atoms. The number of hydrogen-bond donors (Lipinski definition) is 1. The van der Waals surface area contributed by atoms with Crippen LogP contribution in [0.4, 0.5) is 4.39 Å². The highest BCUT2D eigenvalue weighted by molar-refractivity contribution is 5.80. The van der Waals surface area contributed by atoms with E-state index >= 15 is 0 Å². The van der Waals surface area contributed by atoms with E-state index in [1.54, 1.807) is 12.1 Å². The molecule has 1 aromatic rings. The largest absolute Gasteiger partial charge is 0.379 e. The van der Waals surface area contributed by atoms with Crippen molar-refractivity contribution in [3.63, 3.8) is 0 Å². The molecule has 0 amide bonds. The molecular weight excluding hydrogens is 343 g/mol. The lowest BCUT2D eigenvalue weighted by molar-refractivity contribution is 0.0179. The summed E-state index contributed by atoms with van der Waals surface area (Å²) < 4.78 is 18.9. The highest BCUT2D eigenvalue weighted by Crippen LogP contribution is 2.23. The van der Waals surface area contributed by atoms with Crippen LogP contribution in [0, 0.1) is 11.7 Å². The molecule has 0 radical (unpaired) electrons. The Kier molecular flexibility index (Phi) is 7.47. The fraction of sp³-hybridized carbons (Fsp3) is 0.667. The summed E-state index contributed by atoms with van der Waals surface area (Å²) in [5, 5.41) is 3.46. The van der Waals surface area contributed by atoms with Crippen LogP contribution < -0.4 is 5.32 Å².